The van der Waals surface area contributed by atoms with E-state index in [1.807, 2.05) is 13.0 Å². The molecule has 0 unspecified atom stereocenters. The van der Waals surface area contributed by atoms with Crippen molar-refractivity contribution in [2.45, 2.75) is 32.4 Å². The monoisotopic (exact) mass is 409 g/mol. The van der Waals surface area contributed by atoms with Gasteiger partial charge < -0.3 is 15.7 Å². The van der Waals surface area contributed by atoms with Gasteiger partial charge in [0.05, 0.1) is 17.3 Å². The van der Waals surface area contributed by atoms with Crippen molar-refractivity contribution in [1.29, 1.82) is 0 Å². The van der Waals surface area contributed by atoms with Gasteiger partial charge in [-0.1, -0.05) is 24.3 Å². The van der Waals surface area contributed by atoms with Crippen LogP contribution < -0.4 is 15.5 Å². The summed E-state index contributed by atoms with van der Waals surface area (Å²) in [7, 11) is 0. The van der Waals surface area contributed by atoms with Gasteiger partial charge in [-0.3, -0.25) is 0 Å². The SMILES string of the molecule is C[C@H](Nc1nccc(N(C(=O)Nc2cccc(F)c2)c2ccccc2)n1)C(C)(C)O. The van der Waals surface area contributed by atoms with Crippen molar-refractivity contribution in [2.24, 2.45) is 0 Å². The number of anilines is 4. The van der Waals surface area contributed by atoms with Crippen LogP contribution in [0.5, 0.6) is 0 Å². The summed E-state index contributed by atoms with van der Waals surface area (Å²) in [4.78, 5) is 23.1. The van der Waals surface area contributed by atoms with E-state index < -0.39 is 17.4 Å². The molecule has 0 spiro atoms. The molecule has 2 amide bonds. The van der Waals surface area contributed by atoms with E-state index in [0.717, 1.165) is 0 Å². The van der Waals surface area contributed by atoms with Crippen LogP contribution in [0, 0.1) is 5.82 Å². The summed E-state index contributed by atoms with van der Waals surface area (Å²) in [6, 6.07) is 15.4. The van der Waals surface area contributed by atoms with Crippen molar-refractivity contribution in [3.63, 3.8) is 0 Å². The maximum Gasteiger partial charge on any atom is 0.332 e. The predicted octanol–water partition coefficient (Wildman–Crippen LogP) is 4.56. The van der Waals surface area contributed by atoms with Crippen LogP contribution in [0.2, 0.25) is 0 Å². The minimum atomic E-state index is -0.993. The quantitative estimate of drug-likeness (QED) is 0.555. The average Bonchev–Trinajstić information content (AvgIpc) is 2.68. The summed E-state index contributed by atoms with van der Waals surface area (Å²) >= 11 is 0. The highest BCUT2D eigenvalue weighted by molar-refractivity contribution is 6.06. The minimum absolute atomic E-state index is 0.265. The molecule has 0 saturated heterocycles. The summed E-state index contributed by atoms with van der Waals surface area (Å²) in [5, 5.41) is 15.9. The zero-order chi connectivity index (χ0) is 21.7. The van der Waals surface area contributed by atoms with Gasteiger partial charge in [0.25, 0.3) is 0 Å². The Hall–Kier alpha value is -3.52. The smallest absolute Gasteiger partial charge is 0.332 e. The molecule has 3 N–H and O–H groups in total. The van der Waals surface area contributed by atoms with Crippen molar-refractivity contribution in [3.8, 4) is 0 Å². The zero-order valence-electron chi connectivity index (χ0n) is 17.0. The third-order valence-corrected chi connectivity index (χ3v) is 4.57. The lowest BCUT2D eigenvalue weighted by Crippen LogP contribution is -2.40. The van der Waals surface area contributed by atoms with Gasteiger partial charge in [0.2, 0.25) is 5.95 Å². The number of amides is 2. The number of urea groups is 1. The maximum absolute atomic E-state index is 13.5. The molecule has 3 rings (SSSR count). The van der Waals surface area contributed by atoms with Gasteiger partial charge >= 0.3 is 6.03 Å². The molecule has 0 fully saturated rings. The first-order valence-corrected chi connectivity index (χ1v) is 9.48. The Morgan fingerprint density at radius 2 is 1.87 bits per heavy atom. The molecule has 0 radical (unpaired) electrons. The van der Waals surface area contributed by atoms with E-state index >= 15 is 0 Å². The molecule has 30 heavy (non-hydrogen) atoms. The molecule has 0 aliphatic rings. The van der Waals surface area contributed by atoms with Gasteiger partial charge in [-0.05, 0) is 51.1 Å². The minimum Gasteiger partial charge on any atom is -0.388 e. The van der Waals surface area contributed by atoms with E-state index in [4.69, 9.17) is 0 Å². The molecule has 3 aromatic rings. The van der Waals surface area contributed by atoms with Crippen molar-refractivity contribution < 1.29 is 14.3 Å². The number of hydrogen-bond acceptors (Lipinski definition) is 5. The highest BCUT2D eigenvalue weighted by atomic mass is 19.1. The topological polar surface area (TPSA) is 90.4 Å². The molecule has 156 valence electrons. The fourth-order valence-corrected chi connectivity index (χ4v) is 2.59. The fourth-order valence-electron chi connectivity index (χ4n) is 2.59. The van der Waals surface area contributed by atoms with Gasteiger partial charge in [0.15, 0.2) is 0 Å². The van der Waals surface area contributed by atoms with E-state index in [-0.39, 0.29) is 12.0 Å². The second-order valence-corrected chi connectivity index (χ2v) is 7.37. The van der Waals surface area contributed by atoms with Crippen LogP contribution in [0.15, 0.2) is 66.9 Å². The average molecular weight is 409 g/mol. The summed E-state index contributed by atoms with van der Waals surface area (Å²) in [6.07, 6.45) is 1.52. The number of halogens is 1. The molecule has 0 aliphatic carbocycles. The molecule has 1 atom stereocenters. The predicted molar refractivity (Wildman–Crippen MR) is 115 cm³/mol. The van der Waals surface area contributed by atoms with E-state index in [0.29, 0.717) is 17.2 Å². The normalized spacial score (nSPS) is 12.2. The highest BCUT2D eigenvalue weighted by Crippen LogP contribution is 2.26. The number of carbonyl (C=O) groups excluding carboxylic acids is 1. The summed E-state index contributed by atoms with van der Waals surface area (Å²) in [5.41, 5.74) is -0.0941. The van der Waals surface area contributed by atoms with Crippen molar-refractivity contribution in [3.05, 3.63) is 72.7 Å². The second-order valence-electron chi connectivity index (χ2n) is 7.37. The Bertz CT molecular complexity index is 1010. The van der Waals surface area contributed by atoms with Crippen LogP contribution in [0.25, 0.3) is 0 Å². The highest BCUT2D eigenvalue weighted by Gasteiger charge is 2.24. The fraction of sp³-hybridized carbons (Fsp3) is 0.227. The van der Waals surface area contributed by atoms with Crippen LogP contribution in [-0.2, 0) is 0 Å². The molecule has 8 heteroatoms. The van der Waals surface area contributed by atoms with E-state index in [1.54, 1.807) is 50.2 Å². The van der Waals surface area contributed by atoms with E-state index in [9.17, 15) is 14.3 Å². The van der Waals surface area contributed by atoms with E-state index in [1.165, 1.54) is 29.3 Å². The van der Waals surface area contributed by atoms with Gasteiger partial charge in [0.1, 0.15) is 11.6 Å². The number of aromatic nitrogens is 2. The molecule has 1 heterocycles. The molecule has 0 saturated carbocycles. The van der Waals surface area contributed by atoms with Gasteiger partial charge in [0, 0.05) is 18.0 Å². The number of nitrogens with zero attached hydrogens (tertiary/aromatic N) is 3. The number of para-hydroxylation sites is 1. The first-order valence-electron chi connectivity index (χ1n) is 9.48. The Morgan fingerprint density at radius 1 is 1.13 bits per heavy atom. The molecule has 0 bridgehead atoms. The number of carbonyl (C=O) groups is 1. The van der Waals surface area contributed by atoms with Crippen molar-refractivity contribution >= 4 is 29.2 Å². The van der Waals surface area contributed by atoms with Gasteiger partial charge in [-0.15, -0.1) is 0 Å². The van der Waals surface area contributed by atoms with Gasteiger partial charge in [-0.2, -0.15) is 4.98 Å². The Labute approximate surface area is 174 Å². The van der Waals surface area contributed by atoms with Gasteiger partial charge in [-0.25, -0.2) is 19.1 Å². The first kappa shape index (κ1) is 21.2. The van der Waals surface area contributed by atoms with Crippen LogP contribution in [0.3, 0.4) is 0 Å². The molecular formula is C22H24FN5O2. The number of nitrogens with one attached hydrogen (secondary N) is 2. The van der Waals surface area contributed by atoms with E-state index in [2.05, 4.69) is 20.6 Å². The molecule has 2 aromatic carbocycles. The number of aliphatic hydroxyl groups is 1. The lowest BCUT2D eigenvalue weighted by atomic mass is 10.0. The zero-order valence-corrected chi connectivity index (χ0v) is 17.0. The Kier molecular flexibility index (Phi) is 6.27. The van der Waals surface area contributed by atoms with Crippen LogP contribution >= 0.6 is 0 Å². The summed E-state index contributed by atoms with van der Waals surface area (Å²) in [5.74, 6) is 0.130. The van der Waals surface area contributed by atoms with Crippen LogP contribution in [0.1, 0.15) is 20.8 Å². The largest absolute Gasteiger partial charge is 0.388 e. The number of benzene rings is 2. The van der Waals surface area contributed by atoms with Crippen LogP contribution in [0.4, 0.5) is 32.3 Å². The first-order chi connectivity index (χ1) is 14.2. The lowest BCUT2D eigenvalue weighted by molar-refractivity contribution is 0.0646. The second kappa shape index (κ2) is 8.87. The van der Waals surface area contributed by atoms with Crippen LogP contribution in [-0.4, -0.2) is 32.7 Å². The lowest BCUT2D eigenvalue weighted by Gasteiger charge is -2.27. The standard InChI is InChI=1S/C22H24FN5O2/c1-15(22(2,3)30)25-20-24-13-12-19(27-20)28(18-10-5-4-6-11-18)21(29)26-17-9-7-8-16(23)14-17/h4-15,30H,1-3H3,(H,26,29)(H,24,25,27)/t15-/m0/s1. The Balaban J connectivity index is 1.93. The maximum atomic E-state index is 13.5. The molecule has 7 nitrogen and oxygen atoms in total. The third kappa shape index (κ3) is 5.30. The summed E-state index contributed by atoms with van der Waals surface area (Å²) in [6.45, 7) is 5.16. The molecular weight excluding hydrogens is 385 g/mol. The van der Waals surface area contributed by atoms with Crippen molar-refractivity contribution in [2.75, 3.05) is 15.5 Å². The number of hydrogen-bond donors (Lipinski definition) is 3. The third-order valence-electron chi connectivity index (χ3n) is 4.57. The molecule has 0 aliphatic heterocycles. The number of rotatable bonds is 6. The molecule has 1 aromatic heterocycles. The Morgan fingerprint density at radius 3 is 2.53 bits per heavy atom. The summed E-state index contributed by atoms with van der Waals surface area (Å²) < 4.78 is 13.5. The van der Waals surface area contributed by atoms with Crippen molar-refractivity contribution in [1.82, 2.24) is 9.97 Å².